The molecule has 0 aliphatic carbocycles. The smallest absolute Gasteiger partial charge is 0.259 e. The Bertz CT molecular complexity index is 1140. The predicted molar refractivity (Wildman–Crippen MR) is 114 cm³/mol. The minimum absolute atomic E-state index is 0.0871. The van der Waals surface area contributed by atoms with Crippen molar-refractivity contribution in [2.24, 2.45) is 0 Å². The van der Waals surface area contributed by atoms with Crippen LogP contribution < -0.4 is 5.56 Å². The standard InChI is InChI=1S/C22H23N3O2S/c1-14(2)25(12-17-10-9-15(3)27-17)13-20-23-21(26)18-11-19(28-22(18)24-20)16-7-5-4-6-8-16/h4-11,14H,12-13H2,1-3H3,(H,23,24,26). The fourth-order valence-electron chi connectivity index (χ4n) is 3.18. The molecule has 0 saturated heterocycles. The number of aromatic amines is 1. The van der Waals surface area contributed by atoms with Crippen molar-refractivity contribution in [1.82, 2.24) is 14.9 Å². The van der Waals surface area contributed by atoms with Gasteiger partial charge in [0.25, 0.3) is 5.56 Å². The van der Waals surface area contributed by atoms with E-state index in [9.17, 15) is 4.79 Å². The molecule has 5 nitrogen and oxygen atoms in total. The van der Waals surface area contributed by atoms with Gasteiger partial charge in [-0.25, -0.2) is 4.98 Å². The molecule has 0 spiro atoms. The SMILES string of the molecule is Cc1ccc(CN(Cc2nc3sc(-c4ccccc4)cc3c(=O)[nH]2)C(C)C)o1. The van der Waals surface area contributed by atoms with E-state index in [-0.39, 0.29) is 11.6 Å². The third kappa shape index (κ3) is 3.93. The van der Waals surface area contributed by atoms with Crippen LogP contribution in [0.25, 0.3) is 20.7 Å². The van der Waals surface area contributed by atoms with Gasteiger partial charge in [-0.3, -0.25) is 9.69 Å². The van der Waals surface area contributed by atoms with Crippen molar-refractivity contribution in [3.05, 3.63) is 76.2 Å². The zero-order valence-corrected chi connectivity index (χ0v) is 17.0. The molecule has 4 aromatic rings. The van der Waals surface area contributed by atoms with Crippen molar-refractivity contribution < 1.29 is 4.42 Å². The average molecular weight is 394 g/mol. The number of thiophene rings is 1. The number of nitrogens with one attached hydrogen (secondary N) is 1. The summed E-state index contributed by atoms with van der Waals surface area (Å²) >= 11 is 1.55. The van der Waals surface area contributed by atoms with E-state index < -0.39 is 0 Å². The van der Waals surface area contributed by atoms with Crippen LogP contribution in [0.15, 0.2) is 57.7 Å². The lowest BCUT2D eigenvalue weighted by atomic mass is 10.2. The third-order valence-electron chi connectivity index (χ3n) is 4.75. The van der Waals surface area contributed by atoms with Crippen molar-refractivity contribution in [3.63, 3.8) is 0 Å². The van der Waals surface area contributed by atoms with E-state index in [1.807, 2.05) is 55.5 Å². The number of benzene rings is 1. The summed E-state index contributed by atoms with van der Waals surface area (Å²) in [5.74, 6) is 2.49. The van der Waals surface area contributed by atoms with Crippen LogP contribution in [0.5, 0.6) is 0 Å². The van der Waals surface area contributed by atoms with E-state index >= 15 is 0 Å². The molecule has 3 aromatic heterocycles. The number of aryl methyl sites for hydroxylation is 1. The molecule has 0 saturated carbocycles. The molecule has 28 heavy (non-hydrogen) atoms. The molecule has 6 heteroatoms. The van der Waals surface area contributed by atoms with Gasteiger partial charge < -0.3 is 9.40 Å². The van der Waals surface area contributed by atoms with E-state index in [1.54, 1.807) is 11.3 Å². The molecule has 1 aromatic carbocycles. The monoisotopic (exact) mass is 393 g/mol. The maximum atomic E-state index is 12.6. The summed E-state index contributed by atoms with van der Waals surface area (Å²) in [6, 6.07) is 16.3. The lowest BCUT2D eigenvalue weighted by Gasteiger charge is -2.24. The molecule has 144 valence electrons. The van der Waals surface area contributed by atoms with E-state index in [4.69, 9.17) is 9.40 Å². The van der Waals surface area contributed by atoms with Gasteiger partial charge in [0.15, 0.2) is 0 Å². The first kappa shape index (κ1) is 18.7. The Hall–Kier alpha value is -2.70. The highest BCUT2D eigenvalue weighted by Crippen LogP contribution is 2.30. The number of furan rings is 1. The first-order chi connectivity index (χ1) is 13.5. The van der Waals surface area contributed by atoms with Gasteiger partial charge in [0.1, 0.15) is 22.2 Å². The fourth-order valence-corrected chi connectivity index (χ4v) is 4.24. The topological polar surface area (TPSA) is 62.1 Å². The van der Waals surface area contributed by atoms with Crippen molar-refractivity contribution >= 4 is 21.6 Å². The first-order valence-electron chi connectivity index (χ1n) is 9.37. The molecule has 1 N–H and O–H groups in total. The summed E-state index contributed by atoms with van der Waals surface area (Å²) in [4.78, 5) is 24.4. The van der Waals surface area contributed by atoms with Crippen LogP contribution in [-0.4, -0.2) is 20.9 Å². The second-order valence-electron chi connectivity index (χ2n) is 7.22. The molecule has 0 radical (unpaired) electrons. The van der Waals surface area contributed by atoms with Gasteiger partial charge >= 0.3 is 0 Å². The molecule has 0 aliphatic rings. The van der Waals surface area contributed by atoms with Gasteiger partial charge in [-0.1, -0.05) is 30.3 Å². The van der Waals surface area contributed by atoms with Crippen LogP contribution in [0.3, 0.4) is 0 Å². The van der Waals surface area contributed by atoms with Gasteiger partial charge in [-0.2, -0.15) is 0 Å². The molecule has 0 bridgehead atoms. The Balaban J connectivity index is 1.63. The molecule has 0 unspecified atom stereocenters. The lowest BCUT2D eigenvalue weighted by Crippen LogP contribution is -2.31. The van der Waals surface area contributed by atoms with E-state index in [0.29, 0.717) is 24.3 Å². The van der Waals surface area contributed by atoms with Crippen molar-refractivity contribution in [1.29, 1.82) is 0 Å². The number of hydrogen-bond acceptors (Lipinski definition) is 5. The normalized spacial score (nSPS) is 11.8. The Morgan fingerprint density at radius 3 is 2.61 bits per heavy atom. The van der Waals surface area contributed by atoms with Gasteiger partial charge in [0.05, 0.1) is 18.5 Å². The zero-order valence-electron chi connectivity index (χ0n) is 16.2. The molecule has 0 fully saturated rings. The van der Waals surface area contributed by atoms with Gasteiger partial charge in [0, 0.05) is 10.9 Å². The molecular weight excluding hydrogens is 370 g/mol. The fraction of sp³-hybridized carbons (Fsp3) is 0.273. The van der Waals surface area contributed by atoms with Crippen LogP contribution in [0.2, 0.25) is 0 Å². The highest BCUT2D eigenvalue weighted by atomic mass is 32.1. The van der Waals surface area contributed by atoms with E-state index in [2.05, 4.69) is 23.7 Å². The van der Waals surface area contributed by atoms with E-state index in [0.717, 1.165) is 26.8 Å². The van der Waals surface area contributed by atoms with E-state index in [1.165, 1.54) is 0 Å². The van der Waals surface area contributed by atoms with Crippen molar-refractivity contribution in [3.8, 4) is 10.4 Å². The Labute approximate surface area is 167 Å². The molecule has 3 heterocycles. The van der Waals surface area contributed by atoms with Crippen molar-refractivity contribution in [2.75, 3.05) is 0 Å². The summed E-state index contributed by atoms with van der Waals surface area (Å²) in [6.45, 7) is 7.43. The lowest BCUT2D eigenvalue weighted by molar-refractivity contribution is 0.182. The minimum Gasteiger partial charge on any atom is -0.465 e. The second-order valence-corrected chi connectivity index (χ2v) is 8.25. The number of aromatic nitrogens is 2. The number of nitrogens with zero attached hydrogens (tertiary/aromatic N) is 2. The quantitative estimate of drug-likeness (QED) is 0.503. The first-order valence-corrected chi connectivity index (χ1v) is 10.2. The highest BCUT2D eigenvalue weighted by Gasteiger charge is 2.16. The average Bonchev–Trinajstić information content (AvgIpc) is 3.28. The maximum absolute atomic E-state index is 12.6. The zero-order chi connectivity index (χ0) is 19.7. The highest BCUT2D eigenvalue weighted by molar-refractivity contribution is 7.21. The number of H-pyrrole nitrogens is 1. The van der Waals surface area contributed by atoms with Crippen LogP contribution in [0.1, 0.15) is 31.2 Å². The molecule has 0 aliphatic heterocycles. The number of rotatable bonds is 6. The number of hydrogen-bond donors (Lipinski definition) is 1. The molecule has 0 amide bonds. The molecule has 4 rings (SSSR count). The predicted octanol–water partition coefficient (Wildman–Crippen LogP) is 4.96. The number of fused-ring (bicyclic) bond motifs is 1. The van der Waals surface area contributed by atoms with Crippen LogP contribution in [-0.2, 0) is 13.1 Å². The van der Waals surface area contributed by atoms with Gasteiger partial charge in [-0.05, 0) is 44.5 Å². The summed E-state index contributed by atoms with van der Waals surface area (Å²) in [5, 5.41) is 0.644. The molecule has 0 atom stereocenters. The van der Waals surface area contributed by atoms with Crippen molar-refractivity contribution in [2.45, 2.75) is 39.9 Å². The Morgan fingerprint density at radius 1 is 1.14 bits per heavy atom. The van der Waals surface area contributed by atoms with Gasteiger partial charge in [-0.15, -0.1) is 11.3 Å². The van der Waals surface area contributed by atoms with Crippen LogP contribution >= 0.6 is 11.3 Å². The largest absolute Gasteiger partial charge is 0.465 e. The maximum Gasteiger partial charge on any atom is 0.259 e. The van der Waals surface area contributed by atoms with Gasteiger partial charge in [0.2, 0.25) is 0 Å². The van der Waals surface area contributed by atoms with Crippen LogP contribution in [0, 0.1) is 6.92 Å². The minimum atomic E-state index is -0.0871. The van der Waals surface area contributed by atoms with Crippen LogP contribution in [0.4, 0.5) is 0 Å². The molecular formula is C22H23N3O2S. The summed E-state index contributed by atoms with van der Waals surface area (Å²) in [6.07, 6.45) is 0. The summed E-state index contributed by atoms with van der Waals surface area (Å²) in [5.41, 5.74) is 1.01. The third-order valence-corrected chi connectivity index (χ3v) is 5.83. The Morgan fingerprint density at radius 2 is 1.93 bits per heavy atom. The summed E-state index contributed by atoms with van der Waals surface area (Å²) < 4.78 is 5.72. The Kier molecular flexibility index (Phi) is 5.15. The summed E-state index contributed by atoms with van der Waals surface area (Å²) in [7, 11) is 0. The second kappa shape index (κ2) is 7.73.